The molecule has 6 nitrogen and oxygen atoms in total. The Labute approximate surface area is 176 Å². The Morgan fingerprint density at radius 2 is 1.74 bits per heavy atom. The van der Waals surface area contributed by atoms with Gasteiger partial charge in [0.25, 0.3) is 5.91 Å². The summed E-state index contributed by atoms with van der Waals surface area (Å²) in [6, 6.07) is 12.4. The number of carbonyl (C=O) groups is 1. The normalized spacial score (nSPS) is 11.5. The van der Waals surface area contributed by atoms with E-state index < -0.39 is 28.8 Å². The maximum Gasteiger partial charge on any atom is 0.418 e. The molecule has 0 fully saturated rings. The lowest BCUT2D eigenvalue weighted by atomic mass is 10.1. The van der Waals surface area contributed by atoms with Crippen molar-refractivity contribution >= 4 is 11.6 Å². The van der Waals surface area contributed by atoms with Gasteiger partial charge < -0.3 is 10.1 Å². The molecular formula is C22H20F3N3O3. The van der Waals surface area contributed by atoms with E-state index in [-0.39, 0.29) is 17.5 Å². The van der Waals surface area contributed by atoms with E-state index in [0.717, 1.165) is 16.8 Å². The van der Waals surface area contributed by atoms with Crippen molar-refractivity contribution in [2.45, 2.75) is 33.1 Å². The number of rotatable bonds is 5. The number of aromatic nitrogens is 2. The maximum atomic E-state index is 13.4. The molecule has 3 rings (SSSR count). The van der Waals surface area contributed by atoms with Crippen LogP contribution >= 0.6 is 0 Å². The minimum atomic E-state index is -4.63. The van der Waals surface area contributed by atoms with Crippen LogP contribution in [0.2, 0.25) is 0 Å². The summed E-state index contributed by atoms with van der Waals surface area (Å²) >= 11 is 0. The minimum absolute atomic E-state index is 0.0183. The highest BCUT2D eigenvalue weighted by Gasteiger charge is 2.34. The fourth-order valence-corrected chi connectivity index (χ4v) is 2.93. The first-order valence-corrected chi connectivity index (χ1v) is 9.42. The topological polar surface area (TPSA) is 73.2 Å². The highest BCUT2D eigenvalue weighted by Crippen LogP contribution is 2.33. The van der Waals surface area contributed by atoms with Gasteiger partial charge in [-0.3, -0.25) is 9.59 Å². The number of aryl methyl sites for hydroxylation is 1. The molecule has 0 aliphatic rings. The van der Waals surface area contributed by atoms with Crippen LogP contribution in [0, 0.1) is 6.92 Å². The van der Waals surface area contributed by atoms with E-state index in [9.17, 15) is 22.8 Å². The number of ether oxygens (including phenoxy) is 1. The SMILES string of the molecule is Cc1cc(=O)c(C(=O)Nc2ccc(OC(C)C)cc2)nn1-c1ccccc1C(F)(F)F. The zero-order valence-electron chi connectivity index (χ0n) is 17.0. The van der Waals surface area contributed by atoms with E-state index in [1.54, 1.807) is 24.3 Å². The number of hydrogen-bond donors (Lipinski definition) is 1. The van der Waals surface area contributed by atoms with Gasteiger partial charge in [-0.2, -0.15) is 18.3 Å². The molecule has 1 N–H and O–H groups in total. The second-order valence-corrected chi connectivity index (χ2v) is 7.07. The Kier molecular flexibility index (Phi) is 6.14. The van der Waals surface area contributed by atoms with Crippen molar-refractivity contribution < 1.29 is 22.7 Å². The van der Waals surface area contributed by atoms with Gasteiger partial charge in [-0.1, -0.05) is 12.1 Å². The number of amides is 1. The molecule has 162 valence electrons. The van der Waals surface area contributed by atoms with Gasteiger partial charge in [0.1, 0.15) is 5.75 Å². The molecule has 0 saturated heterocycles. The van der Waals surface area contributed by atoms with Crippen LogP contribution in [0.5, 0.6) is 5.75 Å². The molecule has 31 heavy (non-hydrogen) atoms. The molecule has 9 heteroatoms. The summed E-state index contributed by atoms with van der Waals surface area (Å²) in [5, 5.41) is 6.47. The fraction of sp³-hybridized carbons (Fsp3) is 0.227. The first-order valence-electron chi connectivity index (χ1n) is 9.42. The zero-order valence-corrected chi connectivity index (χ0v) is 17.0. The number of para-hydroxylation sites is 1. The predicted molar refractivity (Wildman–Crippen MR) is 110 cm³/mol. The zero-order chi connectivity index (χ0) is 22.8. The molecule has 1 aromatic heterocycles. The molecule has 3 aromatic rings. The van der Waals surface area contributed by atoms with Crippen LogP contribution in [0.25, 0.3) is 5.69 Å². The van der Waals surface area contributed by atoms with E-state index >= 15 is 0 Å². The van der Waals surface area contributed by atoms with E-state index in [4.69, 9.17) is 4.74 Å². The predicted octanol–water partition coefficient (Wildman–Crippen LogP) is 4.60. The summed E-state index contributed by atoms with van der Waals surface area (Å²) in [5.74, 6) is -0.228. The first kappa shape index (κ1) is 22.1. The van der Waals surface area contributed by atoms with Crippen LogP contribution in [0.3, 0.4) is 0 Å². The maximum absolute atomic E-state index is 13.4. The molecule has 0 spiro atoms. The van der Waals surface area contributed by atoms with Crippen LogP contribution in [-0.4, -0.2) is 21.8 Å². The average Bonchev–Trinajstić information content (AvgIpc) is 2.68. The quantitative estimate of drug-likeness (QED) is 0.641. The second-order valence-electron chi connectivity index (χ2n) is 7.07. The highest BCUT2D eigenvalue weighted by molar-refractivity contribution is 6.02. The van der Waals surface area contributed by atoms with Crippen LogP contribution in [0.15, 0.2) is 59.4 Å². The molecular weight excluding hydrogens is 411 g/mol. The third-order valence-electron chi connectivity index (χ3n) is 4.24. The third-order valence-corrected chi connectivity index (χ3v) is 4.24. The molecule has 0 bridgehead atoms. The van der Waals surface area contributed by atoms with Gasteiger partial charge in [0.2, 0.25) is 5.43 Å². The number of alkyl halides is 3. The van der Waals surface area contributed by atoms with Gasteiger partial charge in [0, 0.05) is 17.4 Å². The summed E-state index contributed by atoms with van der Waals surface area (Å²) in [5.41, 5.74) is -1.89. The van der Waals surface area contributed by atoms with E-state index in [2.05, 4.69) is 10.4 Å². The van der Waals surface area contributed by atoms with Gasteiger partial charge in [0.05, 0.1) is 17.4 Å². The lowest BCUT2D eigenvalue weighted by molar-refractivity contribution is -0.137. The smallest absolute Gasteiger partial charge is 0.418 e. The Balaban J connectivity index is 1.95. The van der Waals surface area contributed by atoms with Crippen LogP contribution < -0.4 is 15.5 Å². The molecule has 1 heterocycles. The Morgan fingerprint density at radius 3 is 2.35 bits per heavy atom. The summed E-state index contributed by atoms with van der Waals surface area (Å²) in [6.45, 7) is 5.19. The van der Waals surface area contributed by atoms with Crippen molar-refractivity contribution in [1.82, 2.24) is 9.78 Å². The largest absolute Gasteiger partial charge is 0.491 e. The van der Waals surface area contributed by atoms with Crippen molar-refractivity contribution in [2.75, 3.05) is 5.32 Å². The molecule has 0 atom stereocenters. The molecule has 0 radical (unpaired) electrons. The molecule has 2 aromatic carbocycles. The van der Waals surface area contributed by atoms with Gasteiger partial charge in [-0.05, 0) is 57.2 Å². The molecule has 0 unspecified atom stereocenters. The number of hydrogen-bond acceptors (Lipinski definition) is 4. The Hall–Kier alpha value is -3.62. The lowest BCUT2D eigenvalue weighted by Crippen LogP contribution is -2.27. The van der Waals surface area contributed by atoms with E-state index in [1.807, 2.05) is 13.8 Å². The van der Waals surface area contributed by atoms with Gasteiger partial charge in [0.15, 0.2) is 5.69 Å². The van der Waals surface area contributed by atoms with E-state index in [1.165, 1.54) is 25.1 Å². The average molecular weight is 431 g/mol. The van der Waals surface area contributed by atoms with Gasteiger partial charge >= 0.3 is 6.18 Å². The fourth-order valence-electron chi connectivity index (χ4n) is 2.93. The molecule has 0 aliphatic heterocycles. The number of nitrogens with zero attached hydrogens (tertiary/aromatic N) is 2. The minimum Gasteiger partial charge on any atom is -0.491 e. The first-order chi connectivity index (χ1) is 14.6. The van der Waals surface area contributed by atoms with Crippen molar-refractivity contribution in [3.8, 4) is 11.4 Å². The summed E-state index contributed by atoms with van der Waals surface area (Å²) in [7, 11) is 0. The van der Waals surface area contributed by atoms with Crippen LogP contribution in [-0.2, 0) is 6.18 Å². The second kappa shape index (κ2) is 8.63. The summed E-state index contributed by atoms with van der Waals surface area (Å²) in [6.07, 6.45) is -4.65. The molecule has 1 amide bonds. The monoisotopic (exact) mass is 431 g/mol. The number of carbonyl (C=O) groups excluding carboxylic acids is 1. The number of benzene rings is 2. The van der Waals surface area contributed by atoms with Crippen molar-refractivity contribution in [3.63, 3.8) is 0 Å². The van der Waals surface area contributed by atoms with Crippen LogP contribution in [0.4, 0.5) is 18.9 Å². The van der Waals surface area contributed by atoms with Gasteiger partial charge in [-0.25, -0.2) is 4.68 Å². The van der Waals surface area contributed by atoms with E-state index in [0.29, 0.717) is 11.4 Å². The number of halogens is 3. The Bertz CT molecular complexity index is 1150. The standard InChI is InChI=1S/C22H20F3N3O3/c1-13(2)31-16-10-8-15(9-11-16)26-21(30)20-19(29)12-14(3)28(27-20)18-7-5-4-6-17(18)22(23,24)25/h4-13H,1-3H3,(H,26,30). The Morgan fingerprint density at radius 1 is 1.10 bits per heavy atom. The summed E-state index contributed by atoms with van der Waals surface area (Å²) < 4.78 is 46.7. The number of anilines is 1. The van der Waals surface area contributed by atoms with Crippen molar-refractivity contribution in [1.29, 1.82) is 0 Å². The van der Waals surface area contributed by atoms with Crippen molar-refractivity contribution in [2.24, 2.45) is 0 Å². The van der Waals surface area contributed by atoms with Crippen LogP contribution in [0.1, 0.15) is 35.6 Å². The summed E-state index contributed by atoms with van der Waals surface area (Å²) in [4.78, 5) is 25.0. The third kappa shape index (κ3) is 5.11. The number of nitrogens with one attached hydrogen (secondary N) is 1. The highest BCUT2D eigenvalue weighted by atomic mass is 19.4. The van der Waals surface area contributed by atoms with Gasteiger partial charge in [-0.15, -0.1) is 0 Å². The van der Waals surface area contributed by atoms with Crippen molar-refractivity contribution in [3.05, 3.63) is 81.8 Å². The molecule has 0 saturated carbocycles. The molecule has 0 aliphatic carbocycles. The lowest BCUT2D eigenvalue weighted by Gasteiger charge is -2.16.